The number of imidazole rings is 1. The Balaban J connectivity index is 1.93. The highest BCUT2D eigenvalue weighted by Gasteiger charge is 2.35. The molecule has 3 aromatic rings. The second-order valence-corrected chi connectivity index (χ2v) is 14.9. The molecule has 0 unspecified atom stereocenters. The lowest BCUT2D eigenvalue weighted by Crippen LogP contribution is -2.61. The van der Waals surface area contributed by atoms with Gasteiger partial charge in [0.2, 0.25) is 41.4 Å². The third kappa shape index (κ3) is 18.0. The van der Waals surface area contributed by atoms with Gasteiger partial charge in [0.25, 0.3) is 0 Å². The summed E-state index contributed by atoms with van der Waals surface area (Å²) in [5.41, 5.74) is 12.3. The van der Waals surface area contributed by atoms with Crippen LogP contribution in [0.4, 0.5) is 0 Å². The quantitative estimate of drug-likeness (QED) is 0.0331. The van der Waals surface area contributed by atoms with Crippen molar-refractivity contribution >= 4 is 59.3 Å². The van der Waals surface area contributed by atoms with Crippen LogP contribution >= 0.6 is 0 Å². The van der Waals surface area contributed by atoms with Crippen LogP contribution in [-0.2, 0) is 67.2 Å². The number of aliphatic hydroxyl groups is 1. The second-order valence-electron chi connectivity index (χ2n) is 14.9. The van der Waals surface area contributed by atoms with Crippen LogP contribution in [0.1, 0.15) is 48.9 Å². The third-order valence-corrected chi connectivity index (χ3v) is 9.65. The number of amides is 7. The summed E-state index contributed by atoms with van der Waals surface area (Å²) in [7, 11) is 0. The molecule has 0 aliphatic carbocycles. The molecule has 25 nitrogen and oxygen atoms in total. The summed E-state index contributed by atoms with van der Waals surface area (Å²) in [6.45, 7) is -0.759. The standard InChI is InChI=1S/C41H52N10O15/c42-25(19-52)35(59)48-30(16-23-18-44-20-45-23)39(63)50-28(14-21-4-2-1-3-5-21)38(62)51-31(17-32(43)54)40(64)46-26(10-12-33(55)56)36(60)49-29(15-22-6-8-24(53)9-7-22)37(61)47-27(41(65)66)11-13-34(57)58/h1-9,18,20,25-31,52-53H,10-17,19,42H2,(H2,43,54)(H,44,45)(H,46,64)(H,47,61)(H,48,59)(H,49,60)(H,50,63)(H,51,62)(H,55,56)(H,57,58)(H,65,66)/t25-,26-,27-,28-,29-,30-,31-/m0/s1. The van der Waals surface area contributed by atoms with Gasteiger partial charge < -0.3 is 73.9 Å². The first-order chi connectivity index (χ1) is 31.3. The highest BCUT2D eigenvalue weighted by molar-refractivity contribution is 5.98. The fourth-order valence-electron chi connectivity index (χ4n) is 6.16. The van der Waals surface area contributed by atoms with E-state index in [9.17, 15) is 68.4 Å². The Kier molecular flexibility index (Phi) is 20.6. The van der Waals surface area contributed by atoms with E-state index in [1.54, 1.807) is 30.3 Å². The van der Waals surface area contributed by atoms with E-state index in [0.717, 1.165) is 0 Å². The molecule has 2 aromatic carbocycles. The minimum absolute atomic E-state index is 0.159. The number of hydrogen-bond donors (Lipinski definition) is 14. The number of primary amides is 1. The van der Waals surface area contributed by atoms with Crippen LogP contribution in [0.15, 0.2) is 67.1 Å². The fraction of sp³-hybridized carbons (Fsp3) is 0.390. The molecule has 0 radical (unpaired) electrons. The lowest BCUT2D eigenvalue weighted by Gasteiger charge is -2.27. The maximum atomic E-state index is 14.1. The van der Waals surface area contributed by atoms with Gasteiger partial charge in [0, 0.05) is 44.0 Å². The predicted molar refractivity (Wildman–Crippen MR) is 226 cm³/mol. The smallest absolute Gasteiger partial charge is 0.326 e. The Hall–Kier alpha value is -7.93. The number of aromatic amines is 1. The van der Waals surface area contributed by atoms with Crippen molar-refractivity contribution in [1.82, 2.24) is 41.9 Å². The maximum Gasteiger partial charge on any atom is 0.326 e. The van der Waals surface area contributed by atoms with Crippen molar-refractivity contribution < 1.29 is 73.5 Å². The van der Waals surface area contributed by atoms with E-state index >= 15 is 0 Å². The van der Waals surface area contributed by atoms with Crippen molar-refractivity contribution in [3.8, 4) is 5.75 Å². The zero-order chi connectivity index (χ0) is 48.9. The number of carboxylic acid groups (broad SMARTS) is 3. The first-order valence-corrected chi connectivity index (χ1v) is 20.2. The van der Waals surface area contributed by atoms with Crippen molar-refractivity contribution in [3.63, 3.8) is 0 Å². The van der Waals surface area contributed by atoms with Crippen LogP contribution in [0.5, 0.6) is 5.75 Å². The van der Waals surface area contributed by atoms with Gasteiger partial charge in [0.15, 0.2) is 0 Å². The minimum atomic E-state index is -1.88. The molecule has 356 valence electrons. The molecule has 0 fully saturated rings. The number of aliphatic carboxylic acids is 3. The zero-order valence-corrected chi connectivity index (χ0v) is 35.2. The topological polar surface area (TPSA) is 425 Å². The second kappa shape index (κ2) is 26.0. The molecule has 0 bridgehead atoms. The highest BCUT2D eigenvalue weighted by Crippen LogP contribution is 2.13. The van der Waals surface area contributed by atoms with Gasteiger partial charge >= 0.3 is 17.9 Å². The van der Waals surface area contributed by atoms with Gasteiger partial charge in [-0.3, -0.25) is 43.2 Å². The molecule has 0 saturated heterocycles. The number of phenols is 1. The van der Waals surface area contributed by atoms with Crippen molar-refractivity contribution in [3.05, 3.63) is 83.9 Å². The molecule has 16 N–H and O–H groups in total. The van der Waals surface area contributed by atoms with E-state index in [0.29, 0.717) is 16.8 Å². The zero-order valence-electron chi connectivity index (χ0n) is 35.2. The van der Waals surface area contributed by atoms with Gasteiger partial charge in [-0.2, -0.15) is 0 Å². The van der Waals surface area contributed by atoms with Gasteiger partial charge in [-0.1, -0.05) is 42.5 Å². The normalized spacial score (nSPS) is 14.0. The monoisotopic (exact) mass is 924 g/mol. The SMILES string of the molecule is NC(=O)C[C@H](NC(=O)[C@H](Cc1ccccc1)NC(=O)[C@H](Cc1cnc[nH]1)NC(=O)[C@@H](N)CO)C(=O)N[C@@H](CCC(=O)O)C(=O)N[C@@H](Cc1ccc(O)cc1)C(=O)N[C@@H](CCC(=O)O)C(=O)O. The summed E-state index contributed by atoms with van der Waals surface area (Å²) in [5, 5.41) is 61.4. The average molecular weight is 925 g/mol. The number of H-pyrrole nitrogens is 1. The summed E-state index contributed by atoms with van der Waals surface area (Å²) < 4.78 is 0. The molecule has 7 amide bonds. The first kappa shape index (κ1) is 52.4. The van der Waals surface area contributed by atoms with Gasteiger partial charge in [-0.15, -0.1) is 0 Å². The van der Waals surface area contributed by atoms with E-state index in [4.69, 9.17) is 16.6 Å². The minimum Gasteiger partial charge on any atom is -0.508 e. The number of phenolic OH excluding ortho intramolecular Hbond substituents is 1. The molecule has 1 aromatic heterocycles. The molecular formula is C41H52N10O15. The number of nitrogens with one attached hydrogen (secondary N) is 7. The van der Waals surface area contributed by atoms with Crippen molar-refractivity contribution in [2.45, 2.75) is 93.7 Å². The number of nitrogens with two attached hydrogens (primary N) is 2. The highest BCUT2D eigenvalue weighted by atomic mass is 16.4. The van der Waals surface area contributed by atoms with Crippen LogP contribution in [0, 0.1) is 0 Å². The number of aliphatic hydroxyl groups excluding tert-OH is 1. The van der Waals surface area contributed by atoms with Crippen LogP contribution < -0.4 is 43.4 Å². The van der Waals surface area contributed by atoms with Crippen molar-refractivity contribution in [2.24, 2.45) is 11.5 Å². The Bertz CT molecular complexity index is 2170. The molecule has 1 heterocycles. The molecule has 0 spiro atoms. The molecule has 0 aliphatic rings. The van der Waals surface area contributed by atoms with E-state index in [2.05, 4.69) is 41.9 Å². The number of aromatic hydroxyl groups is 1. The number of carbonyl (C=O) groups excluding carboxylic acids is 7. The molecule has 25 heteroatoms. The van der Waals surface area contributed by atoms with E-state index < -0.39 is 140 Å². The fourth-order valence-corrected chi connectivity index (χ4v) is 6.16. The van der Waals surface area contributed by atoms with Crippen LogP contribution in [0.25, 0.3) is 0 Å². The number of nitrogens with zero attached hydrogens (tertiary/aromatic N) is 1. The summed E-state index contributed by atoms with van der Waals surface area (Å²) in [6, 6.07) is 2.01. The lowest BCUT2D eigenvalue weighted by atomic mass is 10.0. The molecule has 7 atom stereocenters. The summed E-state index contributed by atoms with van der Waals surface area (Å²) in [4.78, 5) is 135. The number of aromatic nitrogens is 2. The summed E-state index contributed by atoms with van der Waals surface area (Å²) in [6.07, 6.45) is -1.57. The third-order valence-electron chi connectivity index (χ3n) is 9.65. The molecule has 0 saturated carbocycles. The largest absolute Gasteiger partial charge is 0.508 e. The number of benzene rings is 2. The van der Waals surface area contributed by atoms with E-state index in [1.807, 2.05) is 0 Å². The first-order valence-electron chi connectivity index (χ1n) is 20.2. The van der Waals surface area contributed by atoms with Gasteiger partial charge in [0.1, 0.15) is 48.0 Å². The van der Waals surface area contributed by atoms with Crippen molar-refractivity contribution in [2.75, 3.05) is 6.61 Å². The lowest BCUT2D eigenvalue weighted by molar-refractivity contribution is -0.143. The Morgan fingerprint density at radius 2 is 1.02 bits per heavy atom. The van der Waals surface area contributed by atoms with E-state index in [1.165, 1.54) is 36.8 Å². The Labute approximate surface area is 375 Å². The maximum absolute atomic E-state index is 14.1. The number of carboxylic acids is 3. The number of hydrogen-bond acceptors (Lipinski definition) is 14. The number of rotatable bonds is 28. The molecule has 3 rings (SSSR count). The van der Waals surface area contributed by atoms with Crippen LogP contribution in [-0.4, -0.2) is 144 Å². The Morgan fingerprint density at radius 3 is 1.50 bits per heavy atom. The molecule has 0 aliphatic heterocycles. The Morgan fingerprint density at radius 1 is 0.576 bits per heavy atom. The van der Waals surface area contributed by atoms with Gasteiger partial charge in [-0.05, 0) is 36.1 Å². The number of carbonyl (C=O) groups is 10. The molecular weight excluding hydrogens is 873 g/mol. The van der Waals surface area contributed by atoms with Crippen molar-refractivity contribution in [1.29, 1.82) is 0 Å². The van der Waals surface area contributed by atoms with Gasteiger partial charge in [-0.25, -0.2) is 9.78 Å². The molecule has 66 heavy (non-hydrogen) atoms. The van der Waals surface area contributed by atoms with Crippen LogP contribution in [0.2, 0.25) is 0 Å². The summed E-state index contributed by atoms with van der Waals surface area (Å²) in [5.74, 6) is -12.1. The average Bonchev–Trinajstić information content (AvgIpc) is 3.78. The van der Waals surface area contributed by atoms with Gasteiger partial charge in [0.05, 0.1) is 19.4 Å². The van der Waals surface area contributed by atoms with Crippen LogP contribution in [0.3, 0.4) is 0 Å². The predicted octanol–water partition coefficient (Wildman–Crippen LogP) is -3.94. The summed E-state index contributed by atoms with van der Waals surface area (Å²) >= 11 is 0. The van der Waals surface area contributed by atoms with E-state index in [-0.39, 0.29) is 25.0 Å².